The molecule has 0 amide bonds. The first-order chi connectivity index (χ1) is 5.24. The molecule has 0 unspecified atom stereocenters. The molecule has 1 aromatic rings. The molecule has 58 valence electrons. The third-order valence-corrected chi connectivity index (χ3v) is 0.994. The summed E-state index contributed by atoms with van der Waals surface area (Å²) in [6, 6.07) is 2.64. The normalized spacial score (nSPS) is 10.5. The van der Waals surface area contributed by atoms with E-state index in [-0.39, 0.29) is 11.6 Å². The monoisotopic (exact) mass is 155 g/mol. The molecule has 0 fully saturated rings. The minimum atomic E-state index is -0.631. The second-order valence-corrected chi connectivity index (χ2v) is 1.71. The first kappa shape index (κ1) is 7.26. The van der Waals surface area contributed by atoms with Crippen LogP contribution in [0.5, 0.6) is 0 Å². The van der Waals surface area contributed by atoms with Gasteiger partial charge in [-0.1, -0.05) is 0 Å². The topological polar surface area (TPSA) is 94.7 Å². The van der Waals surface area contributed by atoms with Gasteiger partial charge < -0.3 is 10.3 Å². The number of hydrazone groups is 1. The van der Waals surface area contributed by atoms with Crippen molar-refractivity contribution in [3.05, 3.63) is 28.0 Å². The van der Waals surface area contributed by atoms with Crippen molar-refractivity contribution < 1.29 is 9.34 Å². The van der Waals surface area contributed by atoms with Gasteiger partial charge in [0, 0.05) is 0 Å². The zero-order valence-electron chi connectivity index (χ0n) is 5.43. The molecule has 6 heteroatoms. The smallest absolute Gasteiger partial charge is 0.400 e. The molecule has 0 atom stereocenters. The summed E-state index contributed by atoms with van der Waals surface area (Å²) in [7, 11) is 0. The maximum atomic E-state index is 10.1. The summed E-state index contributed by atoms with van der Waals surface area (Å²) in [5, 5.41) is 13.2. The summed E-state index contributed by atoms with van der Waals surface area (Å²) >= 11 is 0. The van der Waals surface area contributed by atoms with Crippen LogP contribution < -0.4 is 5.84 Å². The predicted molar refractivity (Wildman–Crippen MR) is 37.1 cm³/mol. The van der Waals surface area contributed by atoms with Crippen LogP contribution in [-0.2, 0) is 0 Å². The summed E-state index contributed by atoms with van der Waals surface area (Å²) in [6.07, 6.45) is 1.19. The maximum absolute atomic E-state index is 10.1. The Morgan fingerprint density at radius 1 is 1.73 bits per heavy atom. The van der Waals surface area contributed by atoms with E-state index in [0.29, 0.717) is 0 Å². The van der Waals surface area contributed by atoms with Crippen LogP contribution in [0.4, 0.5) is 5.88 Å². The van der Waals surface area contributed by atoms with Crippen LogP contribution in [0.3, 0.4) is 0 Å². The molecule has 0 aromatic carbocycles. The Kier molecular flexibility index (Phi) is 1.86. The molecule has 0 radical (unpaired) electrons. The van der Waals surface area contributed by atoms with Crippen LogP contribution in [0.2, 0.25) is 0 Å². The molecule has 0 aliphatic rings. The largest absolute Gasteiger partial charge is 0.433 e. The average molecular weight is 155 g/mol. The van der Waals surface area contributed by atoms with Crippen molar-refractivity contribution in [1.82, 2.24) is 0 Å². The molecule has 0 spiro atoms. The van der Waals surface area contributed by atoms with Crippen LogP contribution in [0.1, 0.15) is 5.76 Å². The molecule has 1 rings (SSSR count). The molecule has 0 saturated heterocycles. The first-order valence-electron chi connectivity index (χ1n) is 2.71. The van der Waals surface area contributed by atoms with Crippen LogP contribution in [-0.4, -0.2) is 11.1 Å². The molecular formula is C5H5N3O3. The molecule has 1 aromatic heterocycles. The van der Waals surface area contributed by atoms with Crippen LogP contribution in [0.25, 0.3) is 0 Å². The summed E-state index contributed by atoms with van der Waals surface area (Å²) in [6.45, 7) is 0. The molecular weight excluding hydrogens is 150 g/mol. The highest BCUT2D eigenvalue weighted by Gasteiger charge is 2.09. The molecule has 0 bridgehead atoms. The zero-order valence-corrected chi connectivity index (χ0v) is 5.43. The number of rotatable bonds is 2. The summed E-state index contributed by atoms with van der Waals surface area (Å²) < 4.78 is 4.66. The number of nitro groups is 1. The fourth-order valence-electron chi connectivity index (χ4n) is 0.583. The quantitative estimate of drug-likeness (QED) is 0.291. The Bertz CT molecular complexity index is 291. The lowest BCUT2D eigenvalue weighted by molar-refractivity contribution is -0.402. The lowest BCUT2D eigenvalue weighted by Gasteiger charge is -1.80. The van der Waals surface area contributed by atoms with Gasteiger partial charge in [-0.05, 0) is 6.07 Å². The highest BCUT2D eigenvalue weighted by Crippen LogP contribution is 2.13. The van der Waals surface area contributed by atoms with Crippen LogP contribution in [0, 0.1) is 10.1 Å². The van der Waals surface area contributed by atoms with Gasteiger partial charge in [0.1, 0.15) is 4.92 Å². The predicted octanol–water partition coefficient (Wildman–Crippen LogP) is 0.480. The van der Waals surface area contributed by atoms with Crippen molar-refractivity contribution in [2.45, 2.75) is 0 Å². The van der Waals surface area contributed by atoms with Gasteiger partial charge >= 0.3 is 5.88 Å². The van der Waals surface area contributed by atoms with Gasteiger partial charge in [0.2, 0.25) is 0 Å². The number of nitrogens with zero attached hydrogens (tertiary/aromatic N) is 2. The number of nitrogens with two attached hydrogens (primary N) is 1. The highest BCUT2D eigenvalue weighted by molar-refractivity contribution is 5.75. The molecule has 0 aliphatic heterocycles. The van der Waals surface area contributed by atoms with E-state index in [9.17, 15) is 10.1 Å². The van der Waals surface area contributed by atoms with E-state index in [2.05, 4.69) is 9.52 Å². The molecule has 6 nitrogen and oxygen atoms in total. The van der Waals surface area contributed by atoms with Gasteiger partial charge in [0.05, 0.1) is 12.3 Å². The van der Waals surface area contributed by atoms with Crippen molar-refractivity contribution in [3.8, 4) is 0 Å². The van der Waals surface area contributed by atoms with Crippen molar-refractivity contribution in [1.29, 1.82) is 0 Å². The Morgan fingerprint density at radius 3 is 2.91 bits per heavy atom. The van der Waals surface area contributed by atoms with E-state index < -0.39 is 4.92 Å². The van der Waals surface area contributed by atoms with Crippen molar-refractivity contribution in [2.75, 3.05) is 0 Å². The lowest BCUT2D eigenvalue weighted by Crippen LogP contribution is -1.84. The van der Waals surface area contributed by atoms with E-state index in [1.807, 2.05) is 0 Å². The number of hydrogen-bond acceptors (Lipinski definition) is 5. The van der Waals surface area contributed by atoms with Gasteiger partial charge in [-0.3, -0.25) is 10.1 Å². The maximum Gasteiger partial charge on any atom is 0.433 e. The first-order valence-corrected chi connectivity index (χ1v) is 2.71. The van der Waals surface area contributed by atoms with Gasteiger partial charge in [-0.2, -0.15) is 5.10 Å². The Labute approximate surface area is 61.4 Å². The Hall–Kier alpha value is -1.85. The van der Waals surface area contributed by atoms with E-state index in [4.69, 9.17) is 5.84 Å². The minimum absolute atomic E-state index is 0.263. The van der Waals surface area contributed by atoms with Gasteiger partial charge in [-0.15, -0.1) is 0 Å². The van der Waals surface area contributed by atoms with E-state index in [0.717, 1.165) is 0 Å². The second-order valence-electron chi connectivity index (χ2n) is 1.71. The Balaban J connectivity index is 2.90. The average Bonchev–Trinajstić information content (AvgIpc) is 2.37. The van der Waals surface area contributed by atoms with Crippen molar-refractivity contribution in [3.63, 3.8) is 0 Å². The molecule has 0 aliphatic carbocycles. The van der Waals surface area contributed by atoms with Crippen LogP contribution >= 0.6 is 0 Å². The van der Waals surface area contributed by atoms with Crippen LogP contribution in [0.15, 0.2) is 21.7 Å². The zero-order chi connectivity index (χ0) is 8.27. The SMILES string of the molecule is NN=Cc1ccc([N+](=O)[O-])o1. The summed E-state index contributed by atoms with van der Waals surface area (Å²) in [5.74, 6) is 4.73. The van der Waals surface area contributed by atoms with Gasteiger partial charge in [-0.25, -0.2) is 0 Å². The second kappa shape index (κ2) is 2.82. The van der Waals surface area contributed by atoms with E-state index in [1.165, 1.54) is 18.3 Å². The standard InChI is InChI=1S/C5H5N3O3/c6-7-3-4-1-2-5(11-4)8(9)10/h1-3H,6H2. The molecule has 0 saturated carbocycles. The fourth-order valence-corrected chi connectivity index (χ4v) is 0.583. The van der Waals surface area contributed by atoms with E-state index >= 15 is 0 Å². The minimum Gasteiger partial charge on any atom is -0.400 e. The van der Waals surface area contributed by atoms with Gasteiger partial charge in [0.15, 0.2) is 5.76 Å². The summed E-state index contributed by atoms with van der Waals surface area (Å²) in [5.41, 5.74) is 0. The van der Waals surface area contributed by atoms with E-state index in [1.54, 1.807) is 0 Å². The third-order valence-electron chi connectivity index (χ3n) is 0.994. The van der Waals surface area contributed by atoms with Crippen molar-refractivity contribution >= 4 is 12.1 Å². The number of furan rings is 1. The number of hydrogen-bond donors (Lipinski definition) is 1. The molecule has 1 heterocycles. The molecule has 11 heavy (non-hydrogen) atoms. The van der Waals surface area contributed by atoms with Crippen molar-refractivity contribution in [2.24, 2.45) is 10.9 Å². The Morgan fingerprint density at radius 2 is 2.45 bits per heavy atom. The molecule has 2 N–H and O–H groups in total. The van der Waals surface area contributed by atoms with Gasteiger partial charge in [0.25, 0.3) is 0 Å². The highest BCUT2D eigenvalue weighted by atomic mass is 16.6. The third kappa shape index (κ3) is 1.54. The lowest BCUT2D eigenvalue weighted by atomic mass is 10.5. The fraction of sp³-hybridized carbons (Fsp3) is 0. The summed E-state index contributed by atoms with van der Waals surface area (Å²) in [4.78, 5) is 9.42.